The Hall–Kier alpha value is -3.27. The van der Waals surface area contributed by atoms with Gasteiger partial charge in [-0.25, -0.2) is 0 Å². The minimum Gasteiger partial charge on any atom is -0.448 e. The van der Waals surface area contributed by atoms with Gasteiger partial charge in [-0.2, -0.15) is 0 Å². The van der Waals surface area contributed by atoms with Gasteiger partial charge in [0.05, 0.1) is 0 Å². The third kappa shape index (κ3) is 6.90. The second kappa shape index (κ2) is 12.6. The van der Waals surface area contributed by atoms with E-state index in [9.17, 15) is 14.4 Å². The zero-order valence-electron chi connectivity index (χ0n) is 21.6. The molecule has 1 aliphatic carbocycles. The van der Waals surface area contributed by atoms with E-state index in [2.05, 4.69) is 15.5 Å². The highest BCUT2D eigenvalue weighted by molar-refractivity contribution is 5.98. The molecule has 1 aliphatic rings. The lowest BCUT2D eigenvalue weighted by atomic mass is 9.84. The summed E-state index contributed by atoms with van der Waals surface area (Å²) in [5.41, 5.74) is -0.496. The number of aromatic nitrogens is 2. The molecule has 10 nitrogen and oxygen atoms in total. The van der Waals surface area contributed by atoms with Crippen molar-refractivity contribution in [3.05, 3.63) is 41.8 Å². The molecule has 0 aliphatic heterocycles. The third-order valence-electron chi connectivity index (χ3n) is 6.39. The zero-order valence-corrected chi connectivity index (χ0v) is 21.6. The predicted molar refractivity (Wildman–Crippen MR) is 134 cm³/mol. The molecule has 1 heterocycles. The molecule has 2 amide bonds. The Kier molecular flexibility index (Phi) is 9.58. The van der Waals surface area contributed by atoms with Crippen LogP contribution < -0.4 is 10.1 Å². The number of nitrogens with zero attached hydrogens (tertiary/aromatic N) is 4. The molecule has 0 saturated heterocycles. The van der Waals surface area contributed by atoms with Crippen LogP contribution in [-0.4, -0.2) is 77.0 Å². The molecule has 1 fully saturated rings. The molecular weight excluding hydrogens is 462 g/mol. The topological polar surface area (TPSA) is 118 Å². The molecule has 2 aromatic rings. The minimum absolute atomic E-state index is 0.0885. The van der Waals surface area contributed by atoms with E-state index in [1.807, 2.05) is 38.9 Å². The highest BCUT2D eigenvalue weighted by atomic mass is 16.6. The van der Waals surface area contributed by atoms with E-state index in [0.29, 0.717) is 44.4 Å². The van der Waals surface area contributed by atoms with Crippen molar-refractivity contribution in [1.29, 1.82) is 0 Å². The van der Waals surface area contributed by atoms with Crippen molar-refractivity contribution in [2.75, 3.05) is 27.2 Å². The number of amides is 2. The van der Waals surface area contributed by atoms with Gasteiger partial charge in [-0.3, -0.25) is 14.4 Å². The number of carbonyl (C=O) groups is 3. The van der Waals surface area contributed by atoms with Gasteiger partial charge in [0.15, 0.2) is 0 Å². The van der Waals surface area contributed by atoms with Gasteiger partial charge in [-0.1, -0.05) is 43.6 Å². The van der Waals surface area contributed by atoms with E-state index >= 15 is 0 Å². The van der Waals surface area contributed by atoms with Gasteiger partial charge in [-0.05, 0) is 64.3 Å². The first-order valence-electron chi connectivity index (χ1n) is 12.5. The van der Waals surface area contributed by atoms with Crippen molar-refractivity contribution < 1.29 is 23.5 Å². The molecule has 0 spiro atoms. The van der Waals surface area contributed by atoms with Crippen LogP contribution in [0.15, 0.2) is 34.7 Å². The lowest BCUT2D eigenvalue weighted by molar-refractivity contribution is -0.129. The number of carbonyl (C=O) groups excluding carboxylic acids is 3. The number of hydrogen-bond donors (Lipinski definition) is 1. The normalized spacial score (nSPS) is 15.9. The number of ketones is 1. The largest absolute Gasteiger partial charge is 0.448 e. The van der Waals surface area contributed by atoms with Gasteiger partial charge < -0.3 is 24.3 Å². The fraction of sp³-hybridized carbons (Fsp3) is 0.577. The summed E-state index contributed by atoms with van der Waals surface area (Å²) < 4.78 is 11.0. The molecular formula is C26H37N5O5. The lowest BCUT2D eigenvalue weighted by Gasteiger charge is -2.48. The summed E-state index contributed by atoms with van der Waals surface area (Å²) in [7, 11) is 3.82. The second-order valence-corrected chi connectivity index (χ2v) is 9.96. The van der Waals surface area contributed by atoms with Gasteiger partial charge >= 0.3 is 6.08 Å². The molecule has 1 saturated carbocycles. The van der Waals surface area contributed by atoms with Gasteiger partial charge in [0.2, 0.25) is 12.2 Å². The molecule has 1 unspecified atom stereocenters. The molecule has 10 heteroatoms. The van der Waals surface area contributed by atoms with Crippen molar-refractivity contribution in [2.24, 2.45) is 5.92 Å². The van der Waals surface area contributed by atoms with Crippen LogP contribution in [0.4, 0.5) is 0 Å². The van der Waals surface area contributed by atoms with E-state index in [4.69, 9.17) is 9.15 Å². The van der Waals surface area contributed by atoms with Crippen molar-refractivity contribution >= 4 is 18.1 Å². The van der Waals surface area contributed by atoms with Crippen LogP contribution in [0.2, 0.25) is 0 Å². The van der Waals surface area contributed by atoms with E-state index in [-0.39, 0.29) is 23.8 Å². The number of benzene rings is 1. The number of ether oxygens (including phenoxy) is 1. The maximum Gasteiger partial charge on any atom is 0.415 e. The van der Waals surface area contributed by atoms with Crippen LogP contribution in [0, 0.1) is 5.92 Å². The molecule has 1 aromatic heterocycles. The standard InChI is InChI=1S/C26H37N5O5/c1-19(2)17-21(22(33)24-28-29-25(36-24)35-16-15-30(3)4)31(18-32)26(13-9-6-10-14-26)27-23(34)20-11-7-5-8-12-20/h5,7-8,11-12,18-19,21H,6,9-10,13-17H2,1-4H3,(H,27,34). The first kappa shape index (κ1) is 27.3. The molecule has 1 atom stereocenters. The summed E-state index contributed by atoms with van der Waals surface area (Å²) in [5.74, 6) is -0.877. The number of rotatable bonds is 13. The Morgan fingerprint density at radius 2 is 1.83 bits per heavy atom. The Morgan fingerprint density at radius 3 is 2.44 bits per heavy atom. The van der Waals surface area contributed by atoms with E-state index < -0.39 is 17.5 Å². The summed E-state index contributed by atoms with van der Waals surface area (Å²) in [6.07, 6.45) is 4.70. The molecule has 1 N–H and O–H groups in total. The number of Topliss-reactive ketones (excluding diaryl/α,β-unsaturated/α-hetero) is 1. The molecule has 0 radical (unpaired) electrons. The van der Waals surface area contributed by atoms with Crippen LogP contribution in [0.25, 0.3) is 0 Å². The van der Waals surface area contributed by atoms with Gasteiger partial charge in [0, 0.05) is 12.1 Å². The van der Waals surface area contributed by atoms with Crippen LogP contribution in [0.1, 0.15) is 73.4 Å². The molecule has 1 aromatic carbocycles. The van der Waals surface area contributed by atoms with Crippen LogP contribution in [0.3, 0.4) is 0 Å². The number of nitrogens with one attached hydrogen (secondary N) is 1. The average Bonchev–Trinajstić information content (AvgIpc) is 3.33. The predicted octanol–water partition coefficient (Wildman–Crippen LogP) is 3.16. The minimum atomic E-state index is -0.993. The van der Waals surface area contributed by atoms with E-state index in [1.54, 1.807) is 24.3 Å². The fourth-order valence-electron chi connectivity index (χ4n) is 4.55. The highest BCUT2D eigenvalue weighted by Crippen LogP contribution is 2.34. The van der Waals surface area contributed by atoms with Gasteiger partial charge in [0.1, 0.15) is 18.3 Å². The zero-order chi connectivity index (χ0) is 26.1. The summed E-state index contributed by atoms with van der Waals surface area (Å²) in [6.45, 7) is 4.92. The summed E-state index contributed by atoms with van der Waals surface area (Å²) >= 11 is 0. The second-order valence-electron chi connectivity index (χ2n) is 9.96. The average molecular weight is 500 g/mol. The maximum absolute atomic E-state index is 13.6. The summed E-state index contributed by atoms with van der Waals surface area (Å²) in [4.78, 5) is 42.9. The van der Waals surface area contributed by atoms with Crippen LogP contribution in [-0.2, 0) is 4.79 Å². The summed E-state index contributed by atoms with van der Waals surface area (Å²) in [5, 5.41) is 10.9. The quantitative estimate of drug-likeness (QED) is 0.254. The Labute approximate surface area is 212 Å². The molecule has 0 bridgehead atoms. The number of hydrogen-bond acceptors (Lipinski definition) is 8. The number of likely N-dealkylation sites (N-methyl/N-ethyl adjacent to an activating group) is 1. The molecule has 3 rings (SSSR count). The Morgan fingerprint density at radius 1 is 1.14 bits per heavy atom. The lowest BCUT2D eigenvalue weighted by Crippen LogP contribution is -2.65. The maximum atomic E-state index is 13.6. The SMILES string of the molecule is CC(C)CC(C(=O)c1nnc(OCCN(C)C)o1)N(C=O)C1(NC(=O)c2ccccc2)CCCCC1. The molecule has 36 heavy (non-hydrogen) atoms. The Balaban J connectivity index is 1.89. The van der Waals surface area contributed by atoms with Gasteiger partial charge in [0.25, 0.3) is 11.8 Å². The van der Waals surface area contributed by atoms with Crippen molar-refractivity contribution in [2.45, 2.75) is 64.1 Å². The van der Waals surface area contributed by atoms with E-state index in [0.717, 1.165) is 19.3 Å². The third-order valence-corrected chi connectivity index (χ3v) is 6.39. The monoisotopic (exact) mass is 499 g/mol. The summed E-state index contributed by atoms with van der Waals surface area (Å²) in [6, 6.07) is 7.99. The molecule has 196 valence electrons. The van der Waals surface area contributed by atoms with Crippen molar-refractivity contribution in [3.8, 4) is 6.08 Å². The van der Waals surface area contributed by atoms with Crippen LogP contribution in [0.5, 0.6) is 6.08 Å². The van der Waals surface area contributed by atoms with E-state index in [1.165, 1.54) is 4.90 Å². The van der Waals surface area contributed by atoms with Crippen LogP contribution >= 0.6 is 0 Å². The van der Waals surface area contributed by atoms with Gasteiger partial charge in [-0.15, -0.1) is 5.10 Å². The van der Waals surface area contributed by atoms with Crippen molar-refractivity contribution in [1.82, 2.24) is 25.3 Å². The van der Waals surface area contributed by atoms with Crippen molar-refractivity contribution in [3.63, 3.8) is 0 Å². The smallest absolute Gasteiger partial charge is 0.415 e. The first-order valence-corrected chi connectivity index (χ1v) is 12.5. The first-order chi connectivity index (χ1) is 17.3. The fourth-order valence-corrected chi connectivity index (χ4v) is 4.55. The Bertz CT molecular complexity index is 1000. The highest BCUT2D eigenvalue weighted by Gasteiger charge is 2.45.